The molecule has 0 aliphatic heterocycles. The molecule has 1 aromatic heterocycles. The van der Waals surface area contributed by atoms with Crippen molar-refractivity contribution < 1.29 is 4.39 Å². The van der Waals surface area contributed by atoms with Crippen LogP contribution in [0.15, 0.2) is 30.6 Å². The second-order valence-electron chi connectivity index (χ2n) is 3.38. The molecule has 84 valence electrons. The Kier molecular flexibility index (Phi) is 3.46. The molecule has 2 aromatic rings. The van der Waals surface area contributed by atoms with E-state index < -0.39 is 5.82 Å². The highest BCUT2D eigenvalue weighted by molar-refractivity contribution is 6.30. The first kappa shape index (κ1) is 11.4. The van der Waals surface area contributed by atoms with Crippen LogP contribution in [-0.4, -0.2) is 9.97 Å². The van der Waals surface area contributed by atoms with Gasteiger partial charge in [0, 0.05) is 18.8 Å². The van der Waals surface area contributed by atoms with Gasteiger partial charge in [0.15, 0.2) is 0 Å². The molecule has 0 fully saturated rings. The summed E-state index contributed by atoms with van der Waals surface area (Å²) in [5.74, 6) is 0.319. The second kappa shape index (κ2) is 4.85. The minimum atomic E-state index is -0.454. The van der Waals surface area contributed by atoms with Crippen molar-refractivity contribution in [3.05, 3.63) is 52.8 Å². The van der Waals surface area contributed by atoms with Crippen molar-refractivity contribution in [2.24, 2.45) is 0 Å². The fourth-order valence-corrected chi connectivity index (χ4v) is 1.80. The maximum absolute atomic E-state index is 13.2. The predicted molar refractivity (Wildman–Crippen MR) is 62.3 cm³/mol. The first-order valence-corrected chi connectivity index (χ1v) is 5.55. The average Bonchev–Trinajstić information content (AvgIpc) is 2.74. The van der Waals surface area contributed by atoms with E-state index in [1.54, 1.807) is 18.5 Å². The number of nitrogens with zero attached hydrogens (tertiary/aromatic N) is 1. The van der Waals surface area contributed by atoms with E-state index in [-0.39, 0.29) is 10.4 Å². The highest BCUT2D eigenvalue weighted by atomic mass is 35.5. The quantitative estimate of drug-likeness (QED) is 0.836. The third-order valence-corrected chi connectivity index (χ3v) is 2.95. The molecule has 1 aromatic carbocycles. The van der Waals surface area contributed by atoms with E-state index in [1.807, 2.05) is 0 Å². The van der Waals surface area contributed by atoms with Gasteiger partial charge in [0.1, 0.15) is 11.6 Å². The SMILES string of the molecule is Fc1cc(C(Cl)Cc2ncc[nH]2)ccc1Cl. The number of nitrogens with one attached hydrogen (secondary N) is 1. The van der Waals surface area contributed by atoms with E-state index in [0.29, 0.717) is 12.0 Å². The third-order valence-electron chi connectivity index (χ3n) is 2.23. The number of H-pyrrole nitrogens is 1. The summed E-state index contributed by atoms with van der Waals surface area (Å²) in [6, 6.07) is 4.57. The molecule has 1 atom stereocenters. The largest absolute Gasteiger partial charge is 0.349 e. The number of aromatic amines is 1. The predicted octanol–water partition coefficient (Wildman–Crippen LogP) is 3.72. The summed E-state index contributed by atoms with van der Waals surface area (Å²) in [6.07, 6.45) is 3.90. The molecular weight excluding hydrogens is 250 g/mol. The molecule has 0 spiro atoms. The molecular formula is C11H9Cl2FN2. The van der Waals surface area contributed by atoms with Gasteiger partial charge in [0.2, 0.25) is 0 Å². The molecule has 1 unspecified atom stereocenters. The number of halogens is 3. The van der Waals surface area contributed by atoms with Crippen molar-refractivity contribution in [3.63, 3.8) is 0 Å². The van der Waals surface area contributed by atoms with Gasteiger partial charge in [-0.2, -0.15) is 0 Å². The lowest BCUT2D eigenvalue weighted by Gasteiger charge is -2.08. The summed E-state index contributed by atoms with van der Waals surface area (Å²) < 4.78 is 13.2. The van der Waals surface area contributed by atoms with Crippen LogP contribution in [0.1, 0.15) is 16.8 Å². The minimum Gasteiger partial charge on any atom is -0.349 e. The van der Waals surface area contributed by atoms with Crippen LogP contribution in [0.2, 0.25) is 5.02 Å². The van der Waals surface area contributed by atoms with Crippen molar-refractivity contribution in [2.45, 2.75) is 11.8 Å². The van der Waals surface area contributed by atoms with Gasteiger partial charge in [-0.3, -0.25) is 0 Å². The van der Waals surface area contributed by atoms with Crippen LogP contribution in [0, 0.1) is 5.82 Å². The van der Waals surface area contributed by atoms with Crippen LogP contribution in [-0.2, 0) is 6.42 Å². The van der Waals surface area contributed by atoms with E-state index in [9.17, 15) is 4.39 Å². The fourth-order valence-electron chi connectivity index (χ4n) is 1.40. The van der Waals surface area contributed by atoms with E-state index in [4.69, 9.17) is 23.2 Å². The van der Waals surface area contributed by atoms with Gasteiger partial charge in [0.25, 0.3) is 0 Å². The number of alkyl halides is 1. The Hall–Kier alpha value is -1.06. The van der Waals surface area contributed by atoms with Crippen LogP contribution < -0.4 is 0 Å². The number of rotatable bonds is 3. The topological polar surface area (TPSA) is 28.7 Å². The van der Waals surface area contributed by atoms with Gasteiger partial charge in [-0.25, -0.2) is 9.37 Å². The average molecular weight is 259 g/mol. The van der Waals surface area contributed by atoms with Crippen molar-refractivity contribution in [3.8, 4) is 0 Å². The van der Waals surface area contributed by atoms with Crippen LogP contribution in [0.3, 0.4) is 0 Å². The summed E-state index contributed by atoms with van der Waals surface area (Å²) >= 11 is 11.7. The zero-order valence-electron chi connectivity index (χ0n) is 8.25. The standard InChI is InChI=1S/C11H9Cl2FN2/c12-8-2-1-7(5-10(8)14)9(13)6-11-15-3-4-16-11/h1-5,9H,6H2,(H,15,16). The zero-order chi connectivity index (χ0) is 11.5. The Morgan fingerprint density at radius 2 is 2.25 bits per heavy atom. The van der Waals surface area contributed by atoms with Crippen LogP contribution >= 0.6 is 23.2 Å². The van der Waals surface area contributed by atoms with Crippen molar-refractivity contribution in [2.75, 3.05) is 0 Å². The van der Waals surface area contributed by atoms with Crippen LogP contribution in [0.25, 0.3) is 0 Å². The molecule has 2 nitrogen and oxygen atoms in total. The van der Waals surface area contributed by atoms with E-state index in [2.05, 4.69) is 9.97 Å². The highest BCUT2D eigenvalue weighted by Gasteiger charge is 2.12. The lowest BCUT2D eigenvalue weighted by Crippen LogP contribution is -1.98. The molecule has 0 radical (unpaired) electrons. The van der Waals surface area contributed by atoms with Gasteiger partial charge in [0.05, 0.1) is 10.4 Å². The maximum atomic E-state index is 13.2. The van der Waals surface area contributed by atoms with Gasteiger partial charge in [-0.15, -0.1) is 11.6 Å². The van der Waals surface area contributed by atoms with E-state index in [1.165, 1.54) is 12.1 Å². The Bertz CT molecular complexity index is 471. The lowest BCUT2D eigenvalue weighted by molar-refractivity contribution is 0.625. The van der Waals surface area contributed by atoms with Gasteiger partial charge < -0.3 is 4.98 Å². The summed E-state index contributed by atoms with van der Waals surface area (Å²) in [6.45, 7) is 0. The molecule has 16 heavy (non-hydrogen) atoms. The lowest BCUT2D eigenvalue weighted by atomic mass is 10.1. The number of hydrogen-bond donors (Lipinski definition) is 1. The summed E-state index contributed by atoms with van der Waals surface area (Å²) in [5, 5.41) is -0.219. The van der Waals surface area contributed by atoms with Crippen molar-refractivity contribution >= 4 is 23.2 Å². The fraction of sp³-hybridized carbons (Fsp3) is 0.182. The van der Waals surface area contributed by atoms with Gasteiger partial charge in [-0.1, -0.05) is 17.7 Å². The van der Waals surface area contributed by atoms with Gasteiger partial charge in [-0.05, 0) is 17.7 Å². The molecule has 1 N–H and O–H groups in total. The van der Waals surface area contributed by atoms with Crippen LogP contribution in [0.4, 0.5) is 4.39 Å². The second-order valence-corrected chi connectivity index (χ2v) is 4.32. The summed E-state index contributed by atoms with van der Waals surface area (Å²) in [5.41, 5.74) is 0.694. The Morgan fingerprint density at radius 3 is 2.88 bits per heavy atom. The molecule has 0 saturated carbocycles. The monoisotopic (exact) mass is 258 g/mol. The first-order valence-electron chi connectivity index (χ1n) is 4.74. The van der Waals surface area contributed by atoms with E-state index >= 15 is 0 Å². The molecule has 5 heteroatoms. The number of aromatic nitrogens is 2. The smallest absolute Gasteiger partial charge is 0.142 e. The maximum Gasteiger partial charge on any atom is 0.142 e. The third kappa shape index (κ3) is 2.54. The molecule has 0 aliphatic rings. The molecule has 0 amide bonds. The summed E-state index contributed by atoms with van der Waals surface area (Å²) in [7, 11) is 0. The number of imidazole rings is 1. The van der Waals surface area contributed by atoms with Gasteiger partial charge >= 0.3 is 0 Å². The van der Waals surface area contributed by atoms with Crippen molar-refractivity contribution in [1.29, 1.82) is 0 Å². The van der Waals surface area contributed by atoms with Crippen molar-refractivity contribution in [1.82, 2.24) is 9.97 Å². The molecule has 0 aliphatic carbocycles. The minimum absolute atomic E-state index is 0.102. The summed E-state index contributed by atoms with van der Waals surface area (Å²) in [4.78, 5) is 7.01. The molecule has 0 bridgehead atoms. The normalized spacial score (nSPS) is 12.7. The number of benzene rings is 1. The number of hydrogen-bond acceptors (Lipinski definition) is 1. The van der Waals surface area contributed by atoms with E-state index in [0.717, 1.165) is 5.82 Å². The zero-order valence-corrected chi connectivity index (χ0v) is 9.76. The molecule has 2 rings (SSSR count). The van der Waals surface area contributed by atoms with Crippen LogP contribution in [0.5, 0.6) is 0 Å². The highest BCUT2D eigenvalue weighted by Crippen LogP contribution is 2.26. The Balaban J connectivity index is 2.14. The first-order chi connectivity index (χ1) is 7.66. The molecule has 0 saturated heterocycles. The molecule has 1 heterocycles. The Labute approximate surface area is 102 Å². The Morgan fingerprint density at radius 1 is 1.44 bits per heavy atom.